The van der Waals surface area contributed by atoms with E-state index in [0.29, 0.717) is 0 Å². The minimum atomic E-state index is -4.39. The molecule has 0 amide bonds. The molecule has 0 saturated carbocycles. The third-order valence-corrected chi connectivity index (χ3v) is 3.51. The Labute approximate surface area is 139 Å². The lowest BCUT2D eigenvalue weighted by Gasteiger charge is -2.20. The van der Waals surface area contributed by atoms with Crippen molar-refractivity contribution < 1.29 is 13.2 Å². The molecule has 0 aliphatic carbocycles. The van der Waals surface area contributed by atoms with Crippen molar-refractivity contribution >= 4 is 17.7 Å². The Kier molecular flexibility index (Phi) is 5.78. The van der Waals surface area contributed by atoms with Crippen LogP contribution in [0.2, 0.25) is 0 Å². The minimum absolute atomic E-state index is 0.249. The van der Waals surface area contributed by atoms with Gasteiger partial charge in [-0.05, 0) is 43.7 Å². The number of nitrogens with one attached hydrogen (secondary N) is 1. The summed E-state index contributed by atoms with van der Waals surface area (Å²) in [6, 6.07) is 10.1. The van der Waals surface area contributed by atoms with Gasteiger partial charge in [0.1, 0.15) is 5.82 Å². The van der Waals surface area contributed by atoms with Crippen LogP contribution in [0.5, 0.6) is 0 Å². The van der Waals surface area contributed by atoms with Crippen LogP contribution < -0.4 is 10.3 Å². The van der Waals surface area contributed by atoms with Gasteiger partial charge in [0.2, 0.25) is 0 Å². The molecule has 1 aromatic carbocycles. The number of rotatable bonds is 6. The highest BCUT2D eigenvalue weighted by molar-refractivity contribution is 5.80. The number of hydrogen-bond donors (Lipinski definition) is 1. The van der Waals surface area contributed by atoms with E-state index in [-0.39, 0.29) is 5.82 Å². The molecule has 0 aliphatic heterocycles. The molecule has 4 nitrogen and oxygen atoms in total. The number of nitrogens with zero attached hydrogens (tertiary/aromatic N) is 3. The molecule has 0 fully saturated rings. The Morgan fingerprint density at radius 2 is 1.75 bits per heavy atom. The van der Waals surface area contributed by atoms with Crippen LogP contribution >= 0.6 is 0 Å². The zero-order chi connectivity index (χ0) is 17.6. The Morgan fingerprint density at radius 1 is 1.08 bits per heavy atom. The molecule has 0 unspecified atom stereocenters. The summed E-state index contributed by atoms with van der Waals surface area (Å²) >= 11 is 0. The van der Waals surface area contributed by atoms with E-state index in [9.17, 15) is 13.2 Å². The van der Waals surface area contributed by atoms with E-state index in [1.807, 2.05) is 24.3 Å². The predicted molar refractivity (Wildman–Crippen MR) is 90.5 cm³/mol. The van der Waals surface area contributed by atoms with Crippen molar-refractivity contribution in [2.45, 2.75) is 20.0 Å². The van der Waals surface area contributed by atoms with Gasteiger partial charge in [-0.15, -0.1) is 0 Å². The predicted octanol–water partition coefficient (Wildman–Crippen LogP) is 4.39. The van der Waals surface area contributed by atoms with Crippen LogP contribution in [0.25, 0.3) is 0 Å². The molecule has 0 atom stereocenters. The third-order valence-electron chi connectivity index (χ3n) is 3.51. The molecule has 1 N–H and O–H groups in total. The lowest BCUT2D eigenvalue weighted by atomic mass is 10.2. The summed E-state index contributed by atoms with van der Waals surface area (Å²) in [7, 11) is 0. The van der Waals surface area contributed by atoms with Crippen molar-refractivity contribution in [1.29, 1.82) is 0 Å². The zero-order valence-corrected chi connectivity index (χ0v) is 13.5. The maximum Gasteiger partial charge on any atom is 0.417 e. The highest BCUT2D eigenvalue weighted by atomic mass is 19.4. The van der Waals surface area contributed by atoms with E-state index in [4.69, 9.17) is 0 Å². The number of aromatic nitrogens is 1. The normalized spacial score (nSPS) is 11.7. The summed E-state index contributed by atoms with van der Waals surface area (Å²) in [5, 5.41) is 3.99. The molecule has 0 aliphatic rings. The van der Waals surface area contributed by atoms with Gasteiger partial charge in [0, 0.05) is 25.0 Å². The molecule has 0 radical (unpaired) electrons. The van der Waals surface area contributed by atoms with Crippen molar-refractivity contribution in [3.63, 3.8) is 0 Å². The van der Waals surface area contributed by atoms with Crippen molar-refractivity contribution in [2.75, 3.05) is 23.4 Å². The number of hydrazone groups is 1. The smallest absolute Gasteiger partial charge is 0.372 e. The SMILES string of the molecule is CCN(CC)c1ccc(/C=N/Nc2ccc(C(F)(F)F)cn2)cc1. The number of pyridine rings is 1. The monoisotopic (exact) mass is 336 g/mol. The Hall–Kier alpha value is -2.57. The Morgan fingerprint density at radius 3 is 2.25 bits per heavy atom. The van der Waals surface area contributed by atoms with Gasteiger partial charge in [-0.1, -0.05) is 12.1 Å². The lowest BCUT2D eigenvalue weighted by molar-refractivity contribution is -0.137. The second-order valence-corrected chi connectivity index (χ2v) is 5.06. The molecular weight excluding hydrogens is 317 g/mol. The Balaban J connectivity index is 1.96. The van der Waals surface area contributed by atoms with Gasteiger partial charge in [0.05, 0.1) is 11.8 Å². The average Bonchev–Trinajstić information content (AvgIpc) is 2.57. The Bertz CT molecular complexity index is 660. The van der Waals surface area contributed by atoms with Crippen molar-refractivity contribution in [3.05, 3.63) is 53.7 Å². The summed E-state index contributed by atoms with van der Waals surface area (Å²) in [5.74, 6) is 0.249. The molecule has 2 aromatic rings. The first kappa shape index (κ1) is 17.8. The first-order valence-electron chi connectivity index (χ1n) is 7.61. The van der Waals surface area contributed by atoms with Gasteiger partial charge in [-0.25, -0.2) is 4.98 Å². The summed E-state index contributed by atoms with van der Waals surface area (Å²) in [4.78, 5) is 5.91. The number of halogens is 3. The van der Waals surface area contributed by atoms with Gasteiger partial charge in [-0.2, -0.15) is 18.3 Å². The van der Waals surface area contributed by atoms with Crippen molar-refractivity contribution in [2.24, 2.45) is 5.10 Å². The van der Waals surface area contributed by atoms with Crippen LogP contribution in [0.4, 0.5) is 24.7 Å². The first-order valence-corrected chi connectivity index (χ1v) is 7.61. The zero-order valence-electron chi connectivity index (χ0n) is 13.5. The summed E-state index contributed by atoms with van der Waals surface area (Å²) in [6.07, 6.45) is -2.02. The summed E-state index contributed by atoms with van der Waals surface area (Å²) in [6.45, 7) is 6.07. The minimum Gasteiger partial charge on any atom is -0.372 e. The second-order valence-electron chi connectivity index (χ2n) is 5.06. The molecule has 0 spiro atoms. The van der Waals surface area contributed by atoms with Gasteiger partial charge in [0.15, 0.2) is 0 Å². The maximum absolute atomic E-state index is 12.4. The van der Waals surface area contributed by atoms with Crippen LogP contribution in [-0.4, -0.2) is 24.3 Å². The average molecular weight is 336 g/mol. The van der Waals surface area contributed by atoms with E-state index in [2.05, 4.69) is 34.3 Å². The molecule has 0 saturated heterocycles. The number of alkyl halides is 3. The van der Waals surface area contributed by atoms with E-state index in [1.54, 1.807) is 6.21 Å². The van der Waals surface area contributed by atoms with Crippen LogP contribution in [0.1, 0.15) is 25.0 Å². The third kappa shape index (κ3) is 4.71. The number of hydrogen-bond acceptors (Lipinski definition) is 4. The maximum atomic E-state index is 12.4. The molecule has 1 aromatic heterocycles. The van der Waals surface area contributed by atoms with Gasteiger partial charge < -0.3 is 4.90 Å². The molecule has 1 heterocycles. The summed E-state index contributed by atoms with van der Waals surface area (Å²) < 4.78 is 37.3. The van der Waals surface area contributed by atoms with E-state index in [0.717, 1.165) is 36.6 Å². The van der Waals surface area contributed by atoms with Crippen LogP contribution in [0, 0.1) is 0 Å². The molecular formula is C17H19F3N4. The largest absolute Gasteiger partial charge is 0.417 e. The fraction of sp³-hybridized carbons (Fsp3) is 0.294. The summed E-state index contributed by atoms with van der Waals surface area (Å²) in [5.41, 5.74) is 3.84. The number of anilines is 2. The fourth-order valence-electron chi connectivity index (χ4n) is 2.16. The van der Waals surface area contributed by atoms with Gasteiger partial charge >= 0.3 is 6.18 Å². The molecule has 7 heteroatoms. The van der Waals surface area contributed by atoms with Crippen LogP contribution in [0.15, 0.2) is 47.7 Å². The molecule has 24 heavy (non-hydrogen) atoms. The number of benzene rings is 1. The van der Waals surface area contributed by atoms with Crippen molar-refractivity contribution in [3.8, 4) is 0 Å². The van der Waals surface area contributed by atoms with E-state index in [1.165, 1.54) is 6.07 Å². The van der Waals surface area contributed by atoms with Crippen molar-refractivity contribution in [1.82, 2.24) is 4.98 Å². The highest BCUT2D eigenvalue weighted by Crippen LogP contribution is 2.28. The standard InChI is InChI=1S/C17H19F3N4/c1-3-24(4-2)15-8-5-13(6-9-15)11-22-23-16-10-7-14(12-21-16)17(18,19)20/h5-12H,3-4H2,1-2H3,(H,21,23)/b22-11+. The van der Waals surface area contributed by atoms with Crippen LogP contribution in [0.3, 0.4) is 0 Å². The molecule has 0 bridgehead atoms. The first-order chi connectivity index (χ1) is 11.4. The van der Waals surface area contributed by atoms with E-state index >= 15 is 0 Å². The lowest BCUT2D eigenvalue weighted by Crippen LogP contribution is -2.21. The van der Waals surface area contributed by atoms with Gasteiger partial charge in [0.25, 0.3) is 0 Å². The van der Waals surface area contributed by atoms with E-state index < -0.39 is 11.7 Å². The molecule has 2 rings (SSSR count). The topological polar surface area (TPSA) is 40.5 Å². The molecule has 128 valence electrons. The second kappa shape index (κ2) is 7.81. The quantitative estimate of drug-likeness (QED) is 0.628. The highest BCUT2D eigenvalue weighted by Gasteiger charge is 2.30. The van der Waals surface area contributed by atoms with Crippen LogP contribution in [-0.2, 0) is 6.18 Å². The fourth-order valence-corrected chi connectivity index (χ4v) is 2.16. The van der Waals surface area contributed by atoms with Gasteiger partial charge in [-0.3, -0.25) is 5.43 Å².